The first-order valence-corrected chi connectivity index (χ1v) is 9.38. The lowest BCUT2D eigenvalue weighted by Crippen LogP contribution is -2.19. The summed E-state index contributed by atoms with van der Waals surface area (Å²) in [6, 6.07) is 23.6. The van der Waals surface area contributed by atoms with Crippen LogP contribution in [0.3, 0.4) is 0 Å². The molecule has 0 radical (unpaired) electrons. The number of benzene rings is 3. The lowest BCUT2D eigenvalue weighted by molar-refractivity contribution is 0.297. The first kappa shape index (κ1) is 18.0. The number of para-hydroxylation sites is 3. The molecular formula is C22H20N4OS. The molecule has 0 aliphatic carbocycles. The van der Waals surface area contributed by atoms with E-state index in [4.69, 9.17) is 17.0 Å². The van der Waals surface area contributed by atoms with Gasteiger partial charge < -0.3 is 20.4 Å². The number of ether oxygens (including phenoxy) is 1. The van der Waals surface area contributed by atoms with Crippen LogP contribution in [0.2, 0.25) is 0 Å². The molecule has 0 unspecified atom stereocenters. The third-order valence-corrected chi connectivity index (χ3v) is 4.52. The van der Waals surface area contributed by atoms with E-state index >= 15 is 0 Å². The van der Waals surface area contributed by atoms with Crippen LogP contribution in [-0.4, -0.2) is 15.1 Å². The largest absolute Gasteiger partial charge is 0.486 e. The monoisotopic (exact) mass is 388 g/mol. The van der Waals surface area contributed by atoms with E-state index in [9.17, 15) is 0 Å². The van der Waals surface area contributed by atoms with Crippen LogP contribution in [0.5, 0.6) is 5.75 Å². The van der Waals surface area contributed by atoms with Crippen molar-refractivity contribution in [3.05, 3.63) is 84.2 Å². The van der Waals surface area contributed by atoms with Crippen molar-refractivity contribution >= 4 is 39.7 Å². The Labute approximate surface area is 168 Å². The first-order chi connectivity index (χ1) is 13.7. The van der Waals surface area contributed by atoms with Crippen molar-refractivity contribution in [1.82, 2.24) is 9.97 Å². The maximum Gasteiger partial charge on any atom is 0.175 e. The zero-order valence-corrected chi connectivity index (χ0v) is 16.2. The lowest BCUT2D eigenvalue weighted by Gasteiger charge is -2.13. The fourth-order valence-electron chi connectivity index (χ4n) is 2.86. The molecule has 5 nitrogen and oxygen atoms in total. The van der Waals surface area contributed by atoms with Gasteiger partial charge in [0.05, 0.1) is 11.0 Å². The molecule has 0 fully saturated rings. The third-order valence-electron chi connectivity index (χ3n) is 4.32. The fourth-order valence-corrected chi connectivity index (χ4v) is 3.09. The topological polar surface area (TPSA) is 62.0 Å². The number of aryl methyl sites for hydroxylation is 1. The van der Waals surface area contributed by atoms with Crippen LogP contribution in [0.15, 0.2) is 72.8 Å². The van der Waals surface area contributed by atoms with Crippen molar-refractivity contribution < 1.29 is 4.74 Å². The highest BCUT2D eigenvalue weighted by molar-refractivity contribution is 7.80. The Morgan fingerprint density at radius 3 is 2.50 bits per heavy atom. The van der Waals surface area contributed by atoms with Gasteiger partial charge in [0, 0.05) is 11.4 Å². The molecule has 1 heterocycles. The Hall–Kier alpha value is -3.38. The van der Waals surface area contributed by atoms with E-state index in [-0.39, 0.29) is 0 Å². The number of nitrogens with zero attached hydrogens (tertiary/aromatic N) is 1. The molecule has 140 valence electrons. The van der Waals surface area contributed by atoms with Gasteiger partial charge in [-0.15, -0.1) is 0 Å². The quantitative estimate of drug-likeness (QED) is 0.407. The van der Waals surface area contributed by atoms with Gasteiger partial charge in [-0.1, -0.05) is 30.3 Å². The number of hydrogen-bond acceptors (Lipinski definition) is 3. The Balaban J connectivity index is 1.33. The summed E-state index contributed by atoms with van der Waals surface area (Å²) in [5.74, 6) is 1.57. The summed E-state index contributed by atoms with van der Waals surface area (Å²) in [4.78, 5) is 7.77. The van der Waals surface area contributed by atoms with Crippen LogP contribution in [-0.2, 0) is 6.61 Å². The average Bonchev–Trinajstić information content (AvgIpc) is 3.12. The Morgan fingerprint density at radius 2 is 1.71 bits per heavy atom. The van der Waals surface area contributed by atoms with Gasteiger partial charge in [0.25, 0.3) is 0 Å². The molecule has 0 aliphatic rings. The summed E-state index contributed by atoms with van der Waals surface area (Å²) in [5.41, 5.74) is 4.97. The van der Waals surface area contributed by atoms with Gasteiger partial charge in [-0.2, -0.15) is 0 Å². The number of fused-ring (bicyclic) bond motifs is 1. The zero-order valence-electron chi connectivity index (χ0n) is 15.4. The van der Waals surface area contributed by atoms with Gasteiger partial charge in [0.1, 0.15) is 18.2 Å². The summed E-state index contributed by atoms with van der Waals surface area (Å²) in [6.45, 7) is 2.42. The predicted octanol–water partition coefficient (Wildman–Crippen LogP) is 5.26. The number of rotatable bonds is 5. The number of aromatic amines is 1. The van der Waals surface area contributed by atoms with Crippen LogP contribution in [0.25, 0.3) is 11.0 Å². The SMILES string of the molecule is Cc1ccccc1NC(=S)Nc1ccc(OCc2nc3ccccc3[nH]2)cc1. The van der Waals surface area contributed by atoms with Crippen molar-refractivity contribution in [2.45, 2.75) is 13.5 Å². The minimum atomic E-state index is 0.384. The summed E-state index contributed by atoms with van der Waals surface area (Å²) in [6.07, 6.45) is 0. The molecule has 0 saturated carbocycles. The van der Waals surface area contributed by atoms with Crippen molar-refractivity contribution in [3.63, 3.8) is 0 Å². The molecule has 6 heteroatoms. The number of anilines is 2. The van der Waals surface area contributed by atoms with Crippen LogP contribution >= 0.6 is 12.2 Å². The number of thiocarbonyl (C=S) groups is 1. The molecule has 0 amide bonds. The van der Waals surface area contributed by atoms with Crippen molar-refractivity contribution in [3.8, 4) is 5.75 Å². The van der Waals surface area contributed by atoms with Crippen molar-refractivity contribution in [2.75, 3.05) is 10.6 Å². The van der Waals surface area contributed by atoms with Crippen LogP contribution < -0.4 is 15.4 Å². The third kappa shape index (κ3) is 4.29. The van der Waals surface area contributed by atoms with Gasteiger partial charge in [0.15, 0.2) is 5.11 Å². The minimum absolute atomic E-state index is 0.384. The molecule has 4 aromatic rings. The van der Waals surface area contributed by atoms with Gasteiger partial charge in [-0.05, 0) is 67.2 Å². The number of hydrogen-bond donors (Lipinski definition) is 3. The number of H-pyrrole nitrogens is 1. The highest BCUT2D eigenvalue weighted by Crippen LogP contribution is 2.19. The first-order valence-electron chi connectivity index (χ1n) is 8.97. The summed E-state index contributed by atoms with van der Waals surface area (Å²) < 4.78 is 5.82. The Kier molecular flexibility index (Phi) is 5.21. The fraction of sp³-hybridized carbons (Fsp3) is 0.0909. The van der Waals surface area contributed by atoms with E-state index in [1.165, 1.54) is 0 Å². The van der Waals surface area contributed by atoms with Gasteiger partial charge >= 0.3 is 0 Å². The van der Waals surface area contributed by atoms with Gasteiger partial charge in [-0.3, -0.25) is 0 Å². The maximum atomic E-state index is 5.82. The van der Waals surface area contributed by atoms with Crippen LogP contribution in [0.1, 0.15) is 11.4 Å². The van der Waals surface area contributed by atoms with E-state index in [0.717, 1.165) is 39.5 Å². The van der Waals surface area contributed by atoms with Gasteiger partial charge in [-0.25, -0.2) is 4.98 Å². The summed E-state index contributed by atoms with van der Waals surface area (Å²) in [5, 5.41) is 6.94. The zero-order chi connectivity index (χ0) is 19.3. The normalized spacial score (nSPS) is 10.6. The molecule has 3 aromatic carbocycles. The van der Waals surface area contributed by atoms with E-state index in [1.807, 2.05) is 79.7 Å². The standard InChI is InChI=1S/C22H20N4OS/c1-15-6-2-3-7-18(15)26-22(28)23-16-10-12-17(13-11-16)27-14-21-24-19-8-4-5-9-20(19)25-21/h2-13H,14H2,1H3,(H,24,25)(H2,23,26,28). The maximum absolute atomic E-state index is 5.82. The van der Waals surface area contributed by atoms with E-state index in [1.54, 1.807) is 0 Å². The second-order valence-electron chi connectivity index (χ2n) is 6.41. The van der Waals surface area contributed by atoms with Crippen LogP contribution in [0.4, 0.5) is 11.4 Å². The smallest absolute Gasteiger partial charge is 0.175 e. The van der Waals surface area contributed by atoms with Crippen molar-refractivity contribution in [2.24, 2.45) is 0 Å². The minimum Gasteiger partial charge on any atom is -0.486 e. The van der Waals surface area contributed by atoms with Crippen LogP contribution in [0, 0.1) is 6.92 Å². The number of imidazole rings is 1. The highest BCUT2D eigenvalue weighted by Gasteiger charge is 2.04. The van der Waals surface area contributed by atoms with E-state index in [2.05, 4.69) is 20.6 Å². The second-order valence-corrected chi connectivity index (χ2v) is 6.82. The van der Waals surface area contributed by atoms with E-state index in [0.29, 0.717) is 11.7 Å². The molecule has 0 atom stereocenters. The molecule has 0 bridgehead atoms. The molecule has 1 aromatic heterocycles. The molecule has 4 rings (SSSR count). The van der Waals surface area contributed by atoms with Gasteiger partial charge in [0.2, 0.25) is 0 Å². The Morgan fingerprint density at radius 1 is 0.964 bits per heavy atom. The molecule has 0 spiro atoms. The number of aromatic nitrogens is 2. The van der Waals surface area contributed by atoms with E-state index < -0.39 is 0 Å². The lowest BCUT2D eigenvalue weighted by atomic mass is 10.2. The Bertz CT molecular complexity index is 1070. The average molecular weight is 388 g/mol. The second kappa shape index (κ2) is 8.10. The molecule has 28 heavy (non-hydrogen) atoms. The molecule has 0 saturated heterocycles. The predicted molar refractivity (Wildman–Crippen MR) is 118 cm³/mol. The molecular weight excluding hydrogens is 368 g/mol. The van der Waals surface area contributed by atoms with Crippen molar-refractivity contribution in [1.29, 1.82) is 0 Å². The summed E-state index contributed by atoms with van der Waals surface area (Å²) in [7, 11) is 0. The molecule has 0 aliphatic heterocycles. The summed E-state index contributed by atoms with van der Waals surface area (Å²) >= 11 is 5.39. The highest BCUT2D eigenvalue weighted by atomic mass is 32.1. The number of nitrogens with one attached hydrogen (secondary N) is 3. The molecule has 3 N–H and O–H groups in total.